The van der Waals surface area contributed by atoms with Gasteiger partial charge >= 0.3 is 0 Å². The smallest absolute Gasteiger partial charge is 0.278 e. The molecule has 3 N–H and O–H groups in total. The minimum absolute atomic E-state index is 0.0531. The molecule has 0 aliphatic carbocycles. The van der Waals surface area contributed by atoms with E-state index in [9.17, 15) is 24.6 Å². The van der Waals surface area contributed by atoms with Crippen LogP contribution in [0, 0.1) is 0 Å². The number of nitrogens with one attached hydrogen (secondary N) is 1. The summed E-state index contributed by atoms with van der Waals surface area (Å²) < 4.78 is 11.0. The largest absolute Gasteiger partial charge is 0.470 e. The number of ketones is 2. The van der Waals surface area contributed by atoms with Gasteiger partial charge in [-0.25, -0.2) is 0 Å². The van der Waals surface area contributed by atoms with E-state index in [0.717, 1.165) is 13.5 Å². The summed E-state index contributed by atoms with van der Waals surface area (Å²) in [6.45, 7) is 3.36. The van der Waals surface area contributed by atoms with Gasteiger partial charge in [-0.15, -0.1) is 0 Å². The van der Waals surface area contributed by atoms with Gasteiger partial charge in [-0.05, 0) is 13.3 Å². The van der Waals surface area contributed by atoms with Gasteiger partial charge in [0.25, 0.3) is 11.5 Å². The third kappa shape index (κ3) is 3.17. The zero-order chi connectivity index (χ0) is 22.1. The molecule has 2 heterocycles. The number of methoxy groups -OCH3 is 1. The molecule has 30 heavy (non-hydrogen) atoms. The molecule has 1 saturated heterocycles. The van der Waals surface area contributed by atoms with E-state index in [1.165, 1.54) is 19.1 Å². The second-order valence-electron chi connectivity index (χ2n) is 7.31. The number of carbonyl (C=O) groups is 3. The van der Waals surface area contributed by atoms with Crippen LogP contribution in [-0.2, 0) is 19.1 Å². The van der Waals surface area contributed by atoms with Crippen LogP contribution in [0.2, 0.25) is 0 Å². The highest BCUT2D eigenvalue weighted by Gasteiger charge is 2.73. The van der Waals surface area contributed by atoms with Gasteiger partial charge in [0.05, 0.1) is 6.10 Å². The Morgan fingerprint density at radius 1 is 1.33 bits per heavy atom. The Labute approximate surface area is 174 Å². The van der Waals surface area contributed by atoms with E-state index in [2.05, 4.69) is 5.32 Å². The number of carbonyl (C=O) groups excluding carboxylic acids is 3. The van der Waals surface area contributed by atoms with E-state index < -0.39 is 41.0 Å². The van der Waals surface area contributed by atoms with Crippen molar-refractivity contribution in [2.75, 3.05) is 7.11 Å². The SMILES string of the molecule is CC/C=C/[C@H](O)CC1=C(C)C(=O)[C@]2(O1)C(=O)N[C@@](OC)(C(=O)c1ccccc1)C2O. The predicted octanol–water partition coefficient (Wildman–Crippen LogP) is 1.03. The molecule has 8 nitrogen and oxygen atoms in total. The van der Waals surface area contributed by atoms with Crippen molar-refractivity contribution in [3.05, 3.63) is 59.4 Å². The molecule has 1 spiro atoms. The normalized spacial score (nSPS) is 29.6. The number of rotatable bonds is 7. The highest BCUT2D eigenvalue weighted by molar-refractivity contribution is 6.23. The van der Waals surface area contributed by atoms with Crippen LogP contribution in [0.3, 0.4) is 0 Å². The monoisotopic (exact) mass is 415 g/mol. The lowest BCUT2D eigenvalue weighted by Gasteiger charge is -2.32. The maximum Gasteiger partial charge on any atom is 0.278 e. The van der Waals surface area contributed by atoms with Crippen molar-refractivity contribution in [2.24, 2.45) is 0 Å². The fraction of sp³-hybridized carbons (Fsp3) is 0.409. The first kappa shape index (κ1) is 21.9. The van der Waals surface area contributed by atoms with Crippen molar-refractivity contribution >= 4 is 17.5 Å². The fourth-order valence-electron chi connectivity index (χ4n) is 3.78. The fourth-order valence-corrected chi connectivity index (χ4v) is 3.78. The van der Waals surface area contributed by atoms with Gasteiger partial charge < -0.3 is 25.0 Å². The van der Waals surface area contributed by atoms with E-state index in [-0.39, 0.29) is 23.3 Å². The van der Waals surface area contributed by atoms with Crippen LogP contribution in [-0.4, -0.2) is 58.3 Å². The number of ether oxygens (including phenoxy) is 2. The lowest BCUT2D eigenvalue weighted by molar-refractivity contribution is -0.160. The van der Waals surface area contributed by atoms with Crippen LogP contribution in [0.5, 0.6) is 0 Å². The van der Waals surface area contributed by atoms with Gasteiger partial charge in [0, 0.05) is 24.7 Å². The van der Waals surface area contributed by atoms with Crippen LogP contribution in [0.15, 0.2) is 53.8 Å². The summed E-state index contributed by atoms with van der Waals surface area (Å²) in [6, 6.07) is 7.98. The third-order valence-electron chi connectivity index (χ3n) is 5.47. The standard InChI is InChI=1S/C22H25NO7/c1-4-5-11-15(24)12-16-13(2)17(25)21(30-16)19(27)22(29-3,23-20(21)28)18(26)14-9-7-6-8-10-14/h5-11,15,19,24,27H,4,12H2,1-3H3,(H,23,28)/b11-5+/t15-,19?,21+,22+/m0/s1. The van der Waals surface area contributed by atoms with Gasteiger partial charge in [-0.1, -0.05) is 49.4 Å². The molecule has 3 rings (SSSR count). The van der Waals surface area contributed by atoms with Gasteiger partial charge in [0.1, 0.15) is 5.76 Å². The van der Waals surface area contributed by atoms with E-state index in [1.807, 2.05) is 6.92 Å². The number of hydrogen-bond donors (Lipinski definition) is 3. The predicted molar refractivity (Wildman–Crippen MR) is 106 cm³/mol. The number of allylic oxidation sites excluding steroid dienone is 1. The Hall–Kier alpha value is -2.81. The molecule has 1 unspecified atom stereocenters. The van der Waals surface area contributed by atoms with Crippen molar-refractivity contribution in [2.45, 2.75) is 50.2 Å². The van der Waals surface area contributed by atoms with E-state index in [0.29, 0.717) is 0 Å². The zero-order valence-electron chi connectivity index (χ0n) is 17.0. The Morgan fingerprint density at radius 2 is 2.00 bits per heavy atom. The second-order valence-corrected chi connectivity index (χ2v) is 7.31. The average molecular weight is 415 g/mol. The summed E-state index contributed by atoms with van der Waals surface area (Å²) >= 11 is 0. The third-order valence-corrected chi connectivity index (χ3v) is 5.47. The Kier molecular flexibility index (Phi) is 5.94. The molecule has 0 bridgehead atoms. The molecule has 0 saturated carbocycles. The van der Waals surface area contributed by atoms with Crippen LogP contribution in [0.1, 0.15) is 37.0 Å². The van der Waals surface area contributed by atoms with Gasteiger partial charge in [-0.3, -0.25) is 14.4 Å². The van der Waals surface area contributed by atoms with Gasteiger partial charge in [0.15, 0.2) is 6.10 Å². The van der Waals surface area contributed by atoms with Crippen LogP contribution in [0.4, 0.5) is 0 Å². The maximum absolute atomic E-state index is 13.1. The van der Waals surface area contributed by atoms with Crippen LogP contribution >= 0.6 is 0 Å². The molecule has 1 aromatic rings. The van der Waals surface area contributed by atoms with Crippen molar-refractivity contribution in [1.29, 1.82) is 0 Å². The first-order chi connectivity index (χ1) is 14.2. The Balaban J connectivity index is 1.95. The summed E-state index contributed by atoms with van der Waals surface area (Å²) in [4.78, 5) is 39.1. The molecule has 8 heteroatoms. The quantitative estimate of drug-likeness (QED) is 0.345. The number of Topliss-reactive ketones (excluding diaryl/α,β-unsaturated/α-hetero) is 2. The Morgan fingerprint density at radius 3 is 2.60 bits per heavy atom. The molecule has 160 valence electrons. The minimum atomic E-state index is -2.35. The van der Waals surface area contributed by atoms with E-state index in [1.54, 1.807) is 30.4 Å². The highest BCUT2D eigenvalue weighted by Crippen LogP contribution is 2.44. The van der Waals surface area contributed by atoms with Gasteiger partial charge in [0.2, 0.25) is 17.3 Å². The molecule has 4 atom stereocenters. The summed E-state index contributed by atoms with van der Waals surface area (Å²) in [5, 5.41) is 23.6. The topological polar surface area (TPSA) is 122 Å². The van der Waals surface area contributed by atoms with Crippen molar-refractivity contribution < 1.29 is 34.1 Å². The molecular weight excluding hydrogens is 390 g/mol. The molecule has 1 aromatic carbocycles. The molecular formula is C22H25NO7. The molecule has 1 amide bonds. The average Bonchev–Trinajstić information content (AvgIpc) is 3.13. The molecule has 0 aromatic heterocycles. The number of benzene rings is 1. The summed E-state index contributed by atoms with van der Waals surface area (Å²) in [5.41, 5.74) is -4.25. The number of aliphatic hydroxyl groups excluding tert-OH is 2. The van der Waals surface area contributed by atoms with E-state index >= 15 is 0 Å². The summed E-state index contributed by atoms with van der Waals surface area (Å²) in [6.07, 6.45) is 1.11. The van der Waals surface area contributed by atoms with Gasteiger partial charge in [-0.2, -0.15) is 0 Å². The lowest BCUT2D eigenvalue weighted by atomic mass is 9.85. The van der Waals surface area contributed by atoms with E-state index in [4.69, 9.17) is 9.47 Å². The summed E-state index contributed by atoms with van der Waals surface area (Å²) in [7, 11) is 1.16. The number of hydrogen-bond acceptors (Lipinski definition) is 7. The Bertz CT molecular complexity index is 923. The molecule has 1 fully saturated rings. The first-order valence-electron chi connectivity index (χ1n) is 9.68. The molecule has 0 radical (unpaired) electrons. The van der Waals surface area contributed by atoms with Crippen molar-refractivity contribution in [3.8, 4) is 0 Å². The number of aliphatic hydroxyl groups is 2. The minimum Gasteiger partial charge on any atom is -0.470 e. The second kappa shape index (κ2) is 8.14. The highest BCUT2D eigenvalue weighted by atomic mass is 16.6. The van der Waals surface area contributed by atoms with Crippen LogP contribution < -0.4 is 5.32 Å². The first-order valence-corrected chi connectivity index (χ1v) is 9.68. The number of amides is 1. The maximum atomic E-state index is 13.1. The summed E-state index contributed by atoms with van der Waals surface area (Å²) in [5.74, 6) is -2.37. The zero-order valence-corrected chi connectivity index (χ0v) is 17.0. The van der Waals surface area contributed by atoms with Crippen molar-refractivity contribution in [3.63, 3.8) is 0 Å². The molecule has 2 aliphatic rings. The van der Waals surface area contributed by atoms with Crippen LogP contribution in [0.25, 0.3) is 0 Å². The lowest BCUT2D eigenvalue weighted by Crippen LogP contribution is -2.60. The molecule has 2 aliphatic heterocycles. The van der Waals surface area contributed by atoms with Crippen molar-refractivity contribution in [1.82, 2.24) is 5.32 Å².